The highest BCUT2D eigenvalue weighted by Gasteiger charge is 2.17. The SMILES string of the molecule is C#Cc1c([O-])on[n+]1-c1ccccc1. The van der Waals surface area contributed by atoms with Crippen LogP contribution in [0.3, 0.4) is 0 Å². The van der Waals surface area contributed by atoms with Crippen molar-refractivity contribution in [2.24, 2.45) is 0 Å². The normalized spacial score (nSPS) is 9.64. The summed E-state index contributed by atoms with van der Waals surface area (Å²) in [5.41, 5.74) is 0.794. The van der Waals surface area contributed by atoms with Gasteiger partial charge in [0.2, 0.25) is 5.69 Å². The van der Waals surface area contributed by atoms with Crippen molar-refractivity contribution in [2.75, 3.05) is 0 Å². The summed E-state index contributed by atoms with van der Waals surface area (Å²) in [5, 5.41) is 14.6. The molecule has 0 aliphatic rings. The Labute approximate surface area is 80.4 Å². The Morgan fingerprint density at radius 3 is 2.71 bits per heavy atom. The Kier molecular flexibility index (Phi) is 1.92. The minimum atomic E-state index is -0.601. The van der Waals surface area contributed by atoms with Crippen molar-refractivity contribution < 1.29 is 14.3 Å². The third kappa shape index (κ3) is 1.21. The summed E-state index contributed by atoms with van der Waals surface area (Å²) in [6.45, 7) is 0. The highest BCUT2D eigenvalue weighted by atomic mass is 16.6. The van der Waals surface area contributed by atoms with Crippen LogP contribution in [0.15, 0.2) is 34.9 Å². The van der Waals surface area contributed by atoms with Crippen molar-refractivity contribution in [3.8, 4) is 24.0 Å². The van der Waals surface area contributed by atoms with Gasteiger partial charge in [0.25, 0.3) is 0 Å². The third-order valence-corrected chi connectivity index (χ3v) is 1.75. The number of para-hydroxylation sites is 1. The van der Waals surface area contributed by atoms with E-state index in [9.17, 15) is 5.11 Å². The van der Waals surface area contributed by atoms with E-state index in [-0.39, 0.29) is 5.69 Å². The molecule has 0 bridgehead atoms. The lowest BCUT2D eigenvalue weighted by atomic mass is 10.3. The van der Waals surface area contributed by atoms with E-state index in [0.717, 1.165) is 0 Å². The molecule has 0 radical (unpaired) electrons. The van der Waals surface area contributed by atoms with Crippen LogP contribution in [0.25, 0.3) is 5.69 Å². The lowest BCUT2D eigenvalue weighted by molar-refractivity contribution is -0.672. The zero-order chi connectivity index (χ0) is 9.97. The summed E-state index contributed by atoms with van der Waals surface area (Å²) in [5.74, 6) is 1.64. The predicted octanol–water partition coefficient (Wildman–Crippen LogP) is 0.00620. The van der Waals surface area contributed by atoms with Crippen molar-refractivity contribution in [3.05, 3.63) is 36.0 Å². The van der Waals surface area contributed by atoms with Gasteiger partial charge < -0.3 is 9.63 Å². The maximum absolute atomic E-state index is 11.1. The first-order valence-corrected chi connectivity index (χ1v) is 3.94. The van der Waals surface area contributed by atoms with Gasteiger partial charge in [-0.2, -0.15) is 0 Å². The molecule has 1 heterocycles. The number of aromatic nitrogens is 2. The quantitative estimate of drug-likeness (QED) is 0.465. The van der Waals surface area contributed by atoms with Crippen LogP contribution in [0.2, 0.25) is 0 Å². The van der Waals surface area contributed by atoms with E-state index in [2.05, 4.69) is 15.7 Å². The fraction of sp³-hybridized carbons (Fsp3) is 0. The topological polar surface area (TPSA) is 53.0 Å². The van der Waals surface area contributed by atoms with Crippen LogP contribution < -0.4 is 9.79 Å². The minimum Gasteiger partial charge on any atom is -0.538 e. The Balaban J connectivity index is 2.59. The van der Waals surface area contributed by atoms with Gasteiger partial charge in [-0.05, 0) is 4.68 Å². The first-order chi connectivity index (χ1) is 6.83. The molecule has 0 N–H and O–H groups in total. The average molecular weight is 186 g/mol. The molecule has 0 aliphatic carbocycles. The van der Waals surface area contributed by atoms with Gasteiger partial charge in [-0.3, -0.25) is 0 Å². The monoisotopic (exact) mass is 186 g/mol. The highest BCUT2D eigenvalue weighted by molar-refractivity contribution is 5.29. The predicted molar refractivity (Wildman–Crippen MR) is 45.4 cm³/mol. The standard InChI is InChI=1S/C10H6N2O2/c1-2-9-10(13)14-11-12(9)8-6-4-3-5-7-8/h1,3-7H. The molecule has 2 aromatic rings. The molecule has 0 atom stereocenters. The molecule has 1 aromatic carbocycles. The summed E-state index contributed by atoms with van der Waals surface area (Å²) < 4.78 is 5.75. The molecule has 0 saturated carbocycles. The van der Waals surface area contributed by atoms with Gasteiger partial charge in [0.1, 0.15) is 0 Å². The molecule has 1 aromatic heterocycles. The van der Waals surface area contributed by atoms with Crippen LogP contribution in [0.1, 0.15) is 5.69 Å². The molecule has 0 spiro atoms. The van der Waals surface area contributed by atoms with Crippen LogP contribution >= 0.6 is 0 Å². The number of terminal acetylenes is 1. The molecule has 2 rings (SSSR count). The zero-order valence-electron chi connectivity index (χ0n) is 7.18. The second kappa shape index (κ2) is 3.23. The average Bonchev–Trinajstić information content (AvgIpc) is 2.61. The largest absolute Gasteiger partial charge is 0.538 e. The lowest BCUT2D eigenvalue weighted by Gasteiger charge is -1.88. The van der Waals surface area contributed by atoms with Crippen LogP contribution in [-0.4, -0.2) is 5.27 Å². The van der Waals surface area contributed by atoms with Crippen molar-refractivity contribution in [3.63, 3.8) is 0 Å². The van der Waals surface area contributed by atoms with E-state index in [1.54, 1.807) is 12.1 Å². The smallest absolute Gasteiger partial charge is 0.314 e. The first kappa shape index (κ1) is 8.32. The maximum Gasteiger partial charge on any atom is 0.314 e. The molecule has 4 heteroatoms. The molecular weight excluding hydrogens is 180 g/mol. The number of hydrogen-bond donors (Lipinski definition) is 0. The summed E-state index contributed by atoms with van der Waals surface area (Å²) >= 11 is 0. The fourth-order valence-electron chi connectivity index (χ4n) is 1.11. The van der Waals surface area contributed by atoms with Gasteiger partial charge in [-0.15, -0.1) is 6.42 Å². The second-order valence-electron chi connectivity index (χ2n) is 2.60. The van der Waals surface area contributed by atoms with Crippen molar-refractivity contribution in [1.82, 2.24) is 5.27 Å². The highest BCUT2D eigenvalue weighted by Crippen LogP contribution is 2.07. The van der Waals surface area contributed by atoms with Gasteiger partial charge in [0, 0.05) is 18.1 Å². The van der Waals surface area contributed by atoms with Gasteiger partial charge >= 0.3 is 5.69 Å². The van der Waals surface area contributed by atoms with E-state index in [0.29, 0.717) is 5.69 Å². The molecule has 0 saturated heterocycles. The van der Waals surface area contributed by atoms with E-state index >= 15 is 0 Å². The molecule has 68 valence electrons. The second-order valence-corrected chi connectivity index (χ2v) is 2.60. The number of hydrogen-bond acceptors (Lipinski definition) is 3. The Morgan fingerprint density at radius 2 is 2.07 bits per heavy atom. The first-order valence-electron chi connectivity index (χ1n) is 3.94. The molecule has 0 amide bonds. The van der Waals surface area contributed by atoms with Crippen molar-refractivity contribution >= 4 is 0 Å². The molecule has 4 nitrogen and oxygen atoms in total. The van der Waals surface area contributed by atoms with Gasteiger partial charge in [-0.25, -0.2) is 0 Å². The summed E-state index contributed by atoms with van der Waals surface area (Å²) in [6, 6.07) is 9.06. The zero-order valence-corrected chi connectivity index (χ0v) is 7.18. The summed E-state index contributed by atoms with van der Waals surface area (Å²) in [6.07, 6.45) is 5.16. The fourth-order valence-corrected chi connectivity index (χ4v) is 1.11. The minimum absolute atomic E-state index is 0.0937. The van der Waals surface area contributed by atoms with E-state index in [4.69, 9.17) is 6.42 Å². The van der Waals surface area contributed by atoms with E-state index < -0.39 is 5.95 Å². The molecule has 0 fully saturated rings. The van der Waals surface area contributed by atoms with Gasteiger partial charge in [-0.1, -0.05) is 18.2 Å². The van der Waals surface area contributed by atoms with Gasteiger partial charge in [0.05, 0.1) is 5.27 Å². The number of benzene rings is 1. The Hall–Kier alpha value is -2.28. The Morgan fingerprint density at radius 1 is 1.36 bits per heavy atom. The summed E-state index contributed by atoms with van der Waals surface area (Å²) in [4.78, 5) is 0. The van der Waals surface area contributed by atoms with Crippen molar-refractivity contribution in [2.45, 2.75) is 0 Å². The molecule has 0 aliphatic heterocycles. The molecular formula is C10H6N2O2. The van der Waals surface area contributed by atoms with Crippen LogP contribution in [0.4, 0.5) is 0 Å². The summed E-state index contributed by atoms with van der Waals surface area (Å²) in [7, 11) is 0. The third-order valence-electron chi connectivity index (χ3n) is 1.75. The van der Waals surface area contributed by atoms with Crippen LogP contribution in [0.5, 0.6) is 5.95 Å². The van der Waals surface area contributed by atoms with Crippen LogP contribution in [-0.2, 0) is 0 Å². The molecule has 14 heavy (non-hydrogen) atoms. The van der Waals surface area contributed by atoms with E-state index in [1.807, 2.05) is 18.2 Å². The maximum atomic E-state index is 11.1. The van der Waals surface area contributed by atoms with Gasteiger partial charge in [0.15, 0.2) is 5.95 Å². The number of nitrogens with zero attached hydrogens (tertiary/aromatic N) is 2. The van der Waals surface area contributed by atoms with E-state index in [1.165, 1.54) is 4.68 Å². The Bertz CT molecular complexity index is 483. The lowest BCUT2D eigenvalue weighted by Crippen LogP contribution is -2.35. The molecule has 0 unspecified atom stereocenters. The van der Waals surface area contributed by atoms with Crippen molar-refractivity contribution in [1.29, 1.82) is 0 Å². The van der Waals surface area contributed by atoms with Crippen LogP contribution in [0, 0.1) is 12.3 Å². The number of rotatable bonds is 1.